The zero-order chi connectivity index (χ0) is 12.5. The monoisotopic (exact) mass is 303 g/mol. The van der Waals surface area contributed by atoms with Gasteiger partial charge in [0.25, 0.3) is 0 Å². The van der Waals surface area contributed by atoms with Crippen molar-refractivity contribution in [1.29, 1.82) is 0 Å². The third-order valence-corrected chi connectivity index (χ3v) is 3.16. The molecule has 0 amide bonds. The molecule has 0 aliphatic heterocycles. The van der Waals surface area contributed by atoms with E-state index >= 15 is 0 Å². The quantitative estimate of drug-likeness (QED) is 0.709. The van der Waals surface area contributed by atoms with Crippen LogP contribution >= 0.6 is 15.9 Å². The van der Waals surface area contributed by atoms with E-state index in [-0.39, 0.29) is 0 Å². The number of ether oxygens (including phenoxy) is 1. The molecule has 0 radical (unpaired) electrons. The van der Waals surface area contributed by atoms with Gasteiger partial charge in [0, 0.05) is 10.0 Å². The molecule has 0 unspecified atom stereocenters. The highest BCUT2D eigenvalue weighted by molar-refractivity contribution is 9.10. The van der Waals surface area contributed by atoms with Crippen LogP contribution in [0.5, 0.6) is 5.75 Å². The van der Waals surface area contributed by atoms with E-state index in [9.17, 15) is 0 Å². The minimum absolute atomic E-state index is 0.599. The molecule has 0 atom stereocenters. The lowest BCUT2D eigenvalue weighted by Crippen LogP contribution is -1.83. The van der Waals surface area contributed by atoms with E-state index in [1.807, 2.05) is 42.5 Å². The van der Waals surface area contributed by atoms with Crippen molar-refractivity contribution in [3.63, 3.8) is 0 Å². The number of benzene rings is 2. The maximum absolute atomic E-state index is 5.74. The molecule has 18 heavy (non-hydrogen) atoms. The predicted molar refractivity (Wildman–Crippen MR) is 73.7 cm³/mol. The Bertz CT molecular complexity index is 706. The molecule has 0 saturated carbocycles. The molecule has 3 rings (SSSR count). The molecule has 1 aromatic heterocycles. The van der Waals surface area contributed by atoms with Crippen LogP contribution in [0.3, 0.4) is 0 Å². The highest BCUT2D eigenvalue weighted by Crippen LogP contribution is 2.28. The molecule has 4 heteroatoms. The van der Waals surface area contributed by atoms with E-state index < -0.39 is 0 Å². The molecule has 90 valence electrons. The summed E-state index contributed by atoms with van der Waals surface area (Å²) in [4.78, 5) is 4.46. The van der Waals surface area contributed by atoms with Crippen LogP contribution in [0.4, 0.5) is 0 Å². The van der Waals surface area contributed by atoms with E-state index in [2.05, 4.69) is 20.9 Å². The third kappa shape index (κ3) is 1.99. The second-order valence-electron chi connectivity index (χ2n) is 3.86. The van der Waals surface area contributed by atoms with Gasteiger partial charge in [0.2, 0.25) is 5.89 Å². The fourth-order valence-corrected chi connectivity index (χ4v) is 2.12. The van der Waals surface area contributed by atoms with Gasteiger partial charge in [0.05, 0.1) is 7.11 Å². The Hall–Kier alpha value is -1.81. The van der Waals surface area contributed by atoms with Crippen LogP contribution < -0.4 is 4.74 Å². The first-order chi connectivity index (χ1) is 8.76. The fraction of sp³-hybridized carbons (Fsp3) is 0.0714. The number of halogens is 1. The van der Waals surface area contributed by atoms with Gasteiger partial charge in [-0.3, -0.25) is 0 Å². The Balaban J connectivity index is 2.13. The van der Waals surface area contributed by atoms with Crippen LogP contribution in [0.1, 0.15) is 0 Å². The van der Waals surface area contributed by atoms with Crippen LogP contribution in [-0.2, 0) is 0 Å². The van der Waals surface area contributed by atoms with Crippen molar-refractivity contribution >= 4 is 27.0 Å². The Morgan fingerprint density at radius 1 is 1.17 bits per heavy atom. The number of oxazole rings is 1. The third-order valence-electron chi connectivity index (χ3n) is 2.67. The number of hydrogen-bond acceptors (Lipinski definition) is 3. The van der Waals surface area contributed by atoms with E-state index in [1.165, 1.54) is 0 Å². The Labute approximate surface area is 113 Å². The maximum atomic E-state index is 5.74. The molecule has 0 bridgehead atoms. The van der Waals surface area contributed by atoms with Crippen LogP contribution in [0, 0.1) is 0 Å². The second kappa shape index (κ2) is 4.46. The molecule has 0 fully saturated rings. The number of hydrogen-bond donors (Lipinski definition) is 0. The Morgan fingerprint density at radius 3 is 2.89 bits per heavy atom. The highest BCUT2D eigenvalue weighted by atomic mass is 79.9. The lowest BCUT2D eigenvalue weighted by Gasteiger charge is -2.00. The van der Waals surface area contributed by atoms with E-state index in [1.54, 1.807) is 7.11 Å². The lowest BCUT2D eigenvalue weighted by atomic mass is 10.2. The van der Waals surface area contributed by atoms with Gasteiger partial charge in [-0.05, 0) is 36.4 Å². The van der Waals surface area contributed by atoms with Crippen molar-refractivity contribution in [2.24, 2.45) is 0 Å². The molecule has 0 spiro atoms. The Morgan fingerprint density at radius 2 is 2.06 bits per heavy atom. The molecule has 0 saturated heterocycles. The standard InChI is InChI=1S/C14H10BrNO2/c1-17-11-4-2-3-9(7-11)14-16-12-6-5-10(15)8-13(12)18-14/h2-8H,1H3. The van der Waals surface area contributed by atoms with E-state index in [0.717, 1.165) is 26.9 Å². The minimum atomic E-state index is 0.599. The normalized spacial score (nSPS) is 10.8. The topological polar surface area (TPSA) is 35.3 Å². The number of methoxy groups -OCH3 is 1. The summed E-state index contributed by atoms with van der Waals surface area (Å²) < 4.78 is 11.9. The van der Waals surface area contributed by atoms with Crippen LogP contribution in [0.2, 0.25) is 0 Å². The van der Waals surface area contributed by atoms with Gasteiger partial charge in [-0.2, -0.15) is 0 Å². The summed E-state index contributed by atoms with van der Waals surface area (Å²) >= 11 is 3.41. The van der Waals surface area contributed by atoms with Crippen molar-refractivity contribution in [3.05, 3.63) is 46.9 Å². The second-order valence-corrected chi connectivity index (χ2v) is 4.78. The summed E-state index contributed by atoms with van der Waals surface area (Å²) in [6, 6.07) is 13.4. The first-order valence-corrected chi connectivity index (χ1v) is 6.26. The summed E-state index contributed by atoms with van der Waals surface area (Å²) in [6.45, 7) is 0. The molecule has 0 N–H and O–H groups in total. The number of fused-ring (bicyclic) bond motifs is 1. The molecular formula is C14H10BrNO2. The molecule has 2 aromatic carbocycles. The van der Waals surface area contributed by atoms with Crippen LogP contribution in [-0.4, -0.2) is 12.1 Å². The molecule has 0 aliphatic rings. The van der Waals surface area contributed by atoms with Crippen molar-refractivity contribution in [1.82, 2.24) is 4.98 Å². The van der Waals surface area contributed by atoms with Crippen LogP contribution in [0.25, 0.3) is 22.6 Å². The molecule has 1 heterocycles. The first kappa shape index (κ1) is 11.3. The summed E-state index contributed by atoms with van der Waals surface area (Å²) in [5, 5.41) is 0. The zero-order valence-electron chi connectivity index (χ0n) is 9.68. The van der Waals surface area contributed by atoms with Gasteiger partial charge in [-0.15, -0.1) is 0 Å². The van der Waals surface area contributed by atoms with Crippen LogP contribution in [0.15, 0.2) is 51.4 Å². The van der Waals surface area contributed by atoms with Gasteiger partial charge in [0.1, 0.15) is 11.3 Å². The first-order valence-electron chi connectivity index (χ1n) is 5.47. The minimum Gasteiger partial charge on any atom is -0.497 e. The number of rotatable bonds is 2. The van der Waals surface area contributed by atoms with Crippen molar-refractivity contribution in [2.45, 2.75) is 0 Å². The highest BCUT2D eigenvalue weighted by Gasteiger charge is 2.09. The summed E-state index contributed by atoms with van der Waals surface area (Å²) in [6.07, 6.45) is 0. The number of nitrogens with zero attached hydrogens (tertiary/aromatic N) is 1. The molecular weight excluding hydrogens is 294 g/mol. The maximum Gasteiger partial charge on any atom is 0.227 e. The fourth-order valence-electron chi connectivity index (χ4n) is 1.78. The van der Waals surface area contributed by atoms with Crippen molar-refractivity contribution in [2.75, 3.05) is 7.11 Å². The smallest absolute Gasteiger partial charge is 0.227 e. The average molecular weight is 304 g/mol. The average Bonchev–Trinajstić information content (AvgIpc) is 2.81. The number of aromatic nitrogens is 1. The van der Waals surface area contributed by atoms with Gasteiger partial charge in [0.15, 0.2) is 5.58 Å². The van der Waals surface area contributed by atoms with Gasteiger partial charge < -0.3 is 9.15 Å². The molecule has 3 nitrogen and oxygen atoms in total. The largest absolute Gasteiger partial charge is 0.497 e. The van der Waals surface area contributed by atoms with Gasteiger partial charge in [-0.25, -0.2) is 4.98 Å². The SMILES string of the molecule is COc1cccc(-c2nc3ccc(Br)cc3o2)c1. The molecule has 0 aliphatic carbocycles. The van der Waals surface area contributed by atoms with Crippen molar-refractivity contribution < 1.29 is 9.15 Å². The predicted octanol–water partition coefficient (Wildman–Crippen LogP) is 4.27. The lowest BCUT2D eigenvalue weighted by molar-refractivity contribution is 0.415. The zero-order valence-corrected chi connectivity index (χ0v) is 11.3. The van der Waals surface area contributed by atoms with E-state index in [4.69, 9.17) is 9.15 Å². The van der Waals surface area contributed by atoms with Crippen molar-refractivity contribution in [3.8, 4) is 17.2 Å². The molecule has 3 aromatic rings. The Kier molecular flexibility index (Phi) is 2.80. The summed E-state index contributed by atoms with van der Waals surface area (Å²) in [5.41, 5.74) is 2.51. The van der Waals surface area contributed by atoms with Gasteiger partial charge >= 0.3 is 0 Å². The summed E-state index contributed by atoms with van der Waals surface area (Å²) in [5.74, 6) is 1.39. The van der Waals surface area contributed by atoms with E-state index in [0.29, 0.717) is 5.89 Å². The van der Waals surface area contributed by atoms with Gasteiger partial charge in [-0.1, -0.05) is 22.0 Å². The summed E-state index contributed by atoms with van der Waals surface area (Å²) in [7, 11) is 1.64.